The third-order valence-electron chi connectivity index (χ3n) is 6.16. The van der Waals surface area contributed by atoms with Gasteiger partial charge in [-0.15, -0.1) is 0 Å². The van der Waals surface area contributed by atoms with Crippen LogP contribution in [0.15, 0.2) is 36.7 Å². The molecule has 11 heteroatoms. The summed E-state index contributed by atoms with van der Waals surface area (Å²) in [7, 11) is 3.09. The molecule has 1 aliphatic heterocycles. The van der Waals surface area contributed by atoms with Crippen molar-refractivity contribution in [3.05, 3.63) is 57.8 Å². The number of piperazine rings is 1. The number of fused-ring (bicyclic) bond motifs is 1. The highest BCUT2D eigenvalue weighted by atomic mass is 35.5. The molecular formula is C25H27Cl2N7O2. The Morgan fingerprint density at radius 3 is 2.42 bits per heavy atom. The first-order valence-electron chi connectivity index (χ1n) is 11.6. The zero-order valence-corrected chi connectivity index (χ0v) is 21.6. The highest BCUT2D eigenvalue weighted by molar-refractivity contribution is 6.37. The van der Waals surface area contributed by atoms with Gasteiger partial charge in [0.2, 0.25) is 0 Å². The number of nitrogens with one attached hydrogen (secondary N) is 3. The van der Waals surface area contributed by atoms with Crippen LogP contribution in [0, 0.1) is 0 Å². The van der Waals surface area contributed by atoms with E-state index in [1.54, 1.807) is 26.5 Å². The molecule has 0 atom stereocenters. The first kappa shape index (κ1) is 24.6. The van der Waals surface area contributed by atoms with Crippen LogP contribution in [0.3, 0.4) is 0 Å². The molecule has 9 nitrogen and oxygen atoms in total. The summed E-state index contributed by atoms with van der Waals surface area (Å²) in [4.78, 5) is 19.6. The molecule has 4 heterocycles. The molecule has 0 saturated carbocycles. The van der Waals surface area contributed by atoms with Gasteiger partial charge in [-0.25, -0.2) is 9.97 Å². The van der Waals surface area contributed by atoms with Crippen LogP contribution in [0.5, 0.6) is 11.5 Å². The monoisotopic (exact) mass is 527 g/mol. The maximum Gasteiger partial charge on any atom is 0.156 e. The lowest BCUT2D eigenvalue weighted by atomic mass is 10.2. The molecule has 1 aliphatic rings. The quantitative estimate of drug-likeness (QED) is 0.310. The van der Waals surface area contributed by atoms with E-state index in [0.29, 0.717) is 45.1 Å². The molecule has 0 spiro atoms. The molecule has 0 amide bonds. The Bertz CT molecular complexity index is 1330. The molecule has 3 N–H and O–H groups in total. The number of aromatic amines is 1. The minimum Gasteiger partial charge on any atom is -0.495 e. The number of aromatic nitrogens is 4. The summed E-state index contributed by atoms with van der Waals surface area (Å²) in [5, 5.41) is 7.45. The van der Waals surface area contributed by atoms with Gasteiger partial charge in [-0.2, -0.15) is 0 Å². The van der Waals surface area contributed by atoms with Crippen LogP contribution >= 0.6 is 23.2 Å². The zero-order chi connectivity index (χ0) is 25.1. The van der Waals surface area contributed by atoms with Gasteiger partial charge in [-0.1, -0.05) is 29.3 Å². The predicted octanol–water partition coefficient (Wildman–Crippen LogP) is 4.36. The van der Waals surface area contributed by atoms with E-state index in [9.17, 15) is 0 Å². The Kier molecular flexibility index (Phi) is 7.43. The Balaban J connectivity index is 1.31. The average Bonchev–Trinajstić information content (AvgIpc) is 3.33. The van der Waals surface area contributed by atoms with Gasteiger partial charge in [0.05, 0.1) is 41.8 Å². The Morgan fingerprint density at radius 2 is 1.75 bits per heavy atom. The number of anilines is 1. The smallest absolute Gasteiger partial charge is 0.156 e. The van der Waals surface area contributed by atoms with Crippen molar-refractivity contribution in [2.45, 2.75) is 13.1 Å². The standard InChI is InChI=1S/C25H27Cl2N7O2/c1-35-20-10-21(36-2)24(27)16(23(20)26)12-30-22-13-31-25-19(32-22)9-18(33-25)17-4-3-15(11-29-17)14-34-7-5-28-6-8-34/h3-4,9-11,13,28H,5-8,12,14H2,1-2H3,(H,30,32)(H,31,33). The molecule has 3 aromatic heterocycles. The van der Waals surface area contributed by atoms with Crippen molar-refractivity contribution in [2.24, 2.45) is 0 Å². The van der Waals surface area contributed by atoms with E-state index >= 15 is 0 Å². The average molecular weight is 528 g/mol. The summed E-state index contributed by atoms with van der Waals surface area (Å²) in [5.74, 6) is 1.55. The number of rotatable bonds is 8. The fourth-order valence-electron chi connectivity index (χ4n) is 4.20. The highest BCUT2D eigenvalue weighted by Crippen LogP contribution is 2.40. The van der Waals surface area contributed by atoms with Crippen LogP contribution in [-0.4, -0.2) is 65.2 Å². The second-order valence-corrected chi connectivity index (χ2v) is 9.25. The van der Waals surface area contributed by atoms with Gasteiger partial charge in [0.25, 0.3) is 0 Å². The minimum absolute atomic E-state index is 0.318. The van der Waals surface area contributed by atoms with Crippen LogP contribution in [0.1, 0.15) is 11.1 Å². The van der Waals surface area contributed by atoms with E-state index in [4.69, 9.17) is 32.7 Å². The number of benzene rings is 1. The van der Waals surface area contributed by atoms with Crippen LogP contribution in [0.2, 0.25) is 10.0 Å². The normalized spacial score (nSPS) is 14.2. The Morgan fingerprint density at radius 1 is 1.00 bits per heavy atom. The van der Waals surface area contributed by atoms with Gasteiger partial charge in [-0.05, 0) is 17.7 Å². The number of H-pyrrole nitrogens is 1. The first-order chi connectivity index (χ1) is 17.6. The van der Waals surface area contributed by atoms with Crippen molar-refractivity contribution >= 4 is 40.2 Å². The van der Waals surface area contributed by atoms with E-state index in [2.05, 4.69) is 41.5 Å². The van der Waals surface area contributed by atoms with E-state index in [-0.39, 0.29) is 0 Å². The topological polar surface area (TPSA) is 100 Å². The number of methoxy groups -OCH3 is 2. The van der Waals surface area contributed by atoms with E-state index < -0.39 is 0 Å². The Labute approximate surface area is 219 Å². The van der Waals surface area contributed by atoms with Gasteiger partial charge in [0.15, 0.2) is 5.65 Å². The van der Waals surface area contributed by atoms with Gasteiger partial charge in [-0.3, -0.25) is 9.88 Å². The second kappa shape index (κ2) is 10.9. The highest BCUT2D eigenvalue weighted by Gasteiger charge is 2.17. The van der Waals surface area contributed by atoms with Crippen LogP contribution in [0.25, 0.3) is 22.6 Å². The summed E-state index contributed by atoms with van der Waals surface area (Å²) in [6, 6.07) is 7.76. The third-order valence-corrected chi connectivity index (χ3v) is 6.99. The molecule has 36 heavy (non-hydrogen) atoms. The molecule has 0 radical (unpaired) electrons. The number of ether oxygens (including phenoxy) is 2. The van der Waals surface area contributed by atoms with Gasteiger partial charge in [0.1, 0.15) is 22.8 Å². The maximum absolute atomic E-state index is 6.48. The summed E-state index contributed by atoms with van der Waals surface area (Å²) in [5.41, 5.74) is 4.96. The van der Waals surface area contributed by atoms with Crippen LogP contribution < -0.4 is 20.1 Å². The summed E-state index contributed by atoms with van der Waals surface area (Å²) in [6.07, 6.45) is 3.60. The lowest BCUT2D eigenvalue weighted by molar-refractivity contribution is 0.233. The molecular weight excluding hydrogens is 501 g/mol. The van der Waals surface area contributed by atoms with E-state index in [1.807, 2.05) is 18.3 Å². The number of hydrogen-bond acceptors (Lipinski definition) is 8. The fraction of sp³-hybridized carbons (Fsp3) is 0.320. The molecule has 1 aromatic carbocycles. The van der Waals surface area contributed by atoms with Crippen molar-refractivity contribution in [1.82, 2.24) is 30.2 Å². The summed E-state index contributed by atoms with van der Waals surface area (Å²) >= 11 is 13.0. The van der Waals surface area contributed by atoms with Crippen LogP contribution in [-0.2, 0) is 13.1 Å². The van der Waals surface area contributed by atoms with Gasteiger partial charge < -0.3 is 25.1 Å². The van der Waals surface area contributed by atoms with Crippen molar-refractivity contribution in [1.29, 1.82) is 0 Å². The van der Waals surface area contributed by atoms with Crippen molar-refractivity contribution in [3.8, 4) is 22.9 Å². The van der Waals surface area contributed by atoms with E-state index in [0.717, 1.165) is 49.6 Å². The Hall–Kier alpha value is -3.11. The van der Waals surface area contributed by atoms with Gasteiger partial charge in [0, 0.05) is 57.1 Å². The number of nitrogens with zero attached hydrogens (tertiary/aromatic N) is 4. The SMILES string of the molecule is COc1cc(OC)c(Cl)c(CNc2cnc3[nH]c(-c4ccc(CN5CCNCC5)cn4)cc3n2)c1Cl. The zero-order valence-electron chi connectivity index (χ0n) is 20.1. The van der Waals surface area contributed by atoms with Gasteiger partial charge >= 0.3 is 0 Å². The molecule has 0 unspecified atom stereocenters. The minimum atomic E-state index is 0.318. The van der Waals surface area contributed by atoms with E-state index in [1.165, 1.54) is 5.56 Å². The predicted molar refractivity (Wildman–Crippen MR) is 142 cm³/mol. The largest absolute Gasteiger partial charge is 0.495 e. The molecule has 0 aliphatic carbocycles. The van der Waals surface area contributed by atoms with Crippen molar-refractivity contribution < 1.29 is 9.47 Å². The second-order valence-electron chi connectivity index (χ2n) is 8.49. The molecule has 1 fully saturated rings. The lowest BCUT2D eigenvalue weighted by Crippen LogP contribution is -2.42. The summed E-state index contributed by atoms with van der Waals surface area (Å²) < 4.78 is 10.7. The molecule has 5 rings (SSSR count). The number of pyridine rings is 1. The number of hydrogen-bond donors (Lipinski definition) is 3. The fourth-order valence-corrected chi connectivity index (χ4v) is 4.83. The molecule has 0 bridgehead atoms. The maximum atomic E-state index is 6.48. The molecule has 188 valence electrons. The third kappa shape index (κ3) is 5.19. The lowest BCUT2D eigenvalue weighted by Gasteiger charge is -2.27. The number of halogens is 2. The molecule has 4 aromatic rings. The molecule has 1 saturated heterocycles. The first-order valence-corrected chi connectivity index (χ1v) is 12.4. The van der Waals surface area contributed by atoms with Crippen LogP contribution in [0.4, 0.5) is 5.82 Å². The van der Waals surface area contributed by atoms with Crippen molar-refractivity contribution in [2.75, 3.05) is 45.7 Å². The summed E-state index contributed by atoms with van der Waals surface area (Å²) in [6.45, 7) is 5.41. The van der Waals surface area contributed by atoms with Crippen molar-refractivity contribution in [3.63, 3.8) is 0 Å².